The van der Waals surface area contributed by atoms with E-state index in [1.165, 1.54) is 24.3 Å². The minimum Gasteiger partial charge on any atom is -0.459 e. The van der Waals surface area contributed by atoms with Gasteiger partial charge in [-0.15, -0.1) is 11.8 Å². The van der Waals surface area contributed by atoms with Gasteiger partial charge in [0.2, 0.25) is 10.0 Å². The Labute approximate surface area is 153 Å². The molecule has 1 N–H and O–H groups in total. The van der Waals surface area contributed by atoms with E-state index >= 15 is 0 Å². The number of thioether (sulfide) groups is 1. The monoisotopic (exact) mass is 405 g/mol. The topological polar surface area (TPSA) is 55.4 Å². The van der Waals surface area contributed by atoms with Crippen LogP contribution in [0.15, 0.2) is 59.0 Å². The fourth-order valence-corrected chi connectivity index (χ4v) is 3.96. The molecule has 0 saturated carbocycles. The number of halogens is 3. The van der Waals surface area contributed by atoms with Crippen molar-refractivity contribution in [3.63, 3.8) is 0 Å². The lowest BCUT2D eigenvalue weighted by Crippen LogP contribution is -2.25. The number of ether oxygens (including phenoxy) is 1. The van der Waals surface area contributed by atoms with Crippen LogP contribution in [-0.4, -0.2) is 20.7 Å². The van der Waals surface area contributed by atoms with Gasteiger partial charge in [0, 0.05) is 22.2 Å². The Bertz CT molecular complexity index is 835. The van der Waals surface area contributed by atoms with Gasteiger partial charge >= 0.3 is 0 Å². The molecule has 0 aliphatic carbocycles. The van der Waals surface area contributed by atoms with Crippen LogP contribution >= 0.6 is 23.4 Å². The standard InChI is InChI=1S/C16H14ClF2NO3S2/c1-2-23-16-14(18)9-12(10-15(16)19)24-8-7-20-25(21,22)13-5-3-11(17)4-6-13/h2-6,9-10,20H,1,7-8H2. The normalized spacial score (nSPS) is 11.3. The van der Waals surface area contributed by atoms with Gasteiger partial charge in [0.1, 0.15) is 0 Å². The summed E-state index contributed by atoms with van der Waals surface area (Å²) in [6.45, 7) is 3.33. The summed E-state index contributed by atoms with van der Waals surface area (Å²) in [6, 6.07) is 7.95. The van der Waals surface area contributed by atoms with Crippen molar-refractivity contribution in [1.29, 1.82) is 0 Å². The van der Waals surface area contributed by atoms with Crippen LogP contribution in [0, 0.1) is 11.6 Å². The second-order valence-corrected chi connectivity index (χ2v) is 8.07. The van der Waals surface area contributed by atoms with E-state index < -0.39 is 27.4 Å². The first-order valence-electron chi connectivity index (χ1n) is 6.98. The Balaban J connectivity index is 1.93. The molecule has 2 aromatic rings. The molecular formula is C16H14ClF2NO3S2. The molecule has 0 saturated heterocycles. The molecule has 0 aromatic heterocycles. The molecule has 2 rings (SSSR count). The van der Waals surface area contributed by atoms with Crippen LogP contribution in [0.25, 0.3) is 0 Å². The van der Waals surface area contributed by atoms with Crippen molar-refractivity contribution in [1.82, 2.24) is 4.72 Å². The van der Waals surface area contributed by atoms with Crippen LogP contribution in [0.2, 0.25) is 5.02 Å². The van der Waals surface area contributed by atoms with Crippen molar-refractivity contribution < 1.29 is 21.9 Å². The molecule has 0 unspecified atom stereocenters. The van der Waals surface area contributed by atoms with Gasteiger partial charge in [0.25, 0.3) is 0 Å². The second-order valence-electron chi connectivity index (χ2n) is 4.70. The molecule has 0 aliphatic rings. The minimum atomic E-state index is -3.66. The summed E-state index contributed by atoms with van der Waals surface area (Å²) in [5, 5.41) is 0.433. The van der Waals surface area contributed by atoms with E-state index in [1.807, 2.05) is 0 Å². The lowest BCUT2D eigenvalue weighted by Gasteiger charge is -2.08. The first-order chi connectivity index (χ1) is 11.8. The van der Waals surface area contributed by atoms with E-state index in [4.69, 9.17) is 11.6 Å². The Morgan fingerprint density at radius 2 is 1.80 bits per heavy atom. The van der Waals surface area contributed by atoms with Gasteiger partial charge in [0.05, 0.1) is 11.2 Å². The third kappa shape index (κ3) is 5.43. The number of nitrogens with one attached hydrogen (secondary N) is 1. The van der Waals surface area contributed by atoms with E-state index in [-0.39, 0.29) is 17.2 Å². The highest BCUT2D eigenvalue weighted by Crippen LogP contribution is 2.28. The Morgan fingerprint density at radius 3 is 2.36 bits per heavy atom. The molecule has 0 amide bonds. The Kier molecular flexibility index (Phi) is 6.83. The van der Waals surface area contributed by atoms with E-state index in [9.17, 15) is 17.2 Å². The Morgan fingerprint density at radius 1 is 1.20 bits per heavy atom. The van der Waals surface area contributed by atoms with Gasteiger partial charge in [-0.25, -0.2) is 21.9 Å². The van der Waals surface area contributed by atoms with Crippen LogP contribution in [0.1, 0.15) is 0 Å². The van der Waals surface area contributed by atoms with Gasteiger partial charge in [0.15, 0.2) is 17.4 Å². The third-order valence-corrected chi connectivity index (χ3v) is 5.67. The fourth-order valence-electron chi connectivity index (χ4n) is 1.86. The summed E-state index contributed by atoms with van der Waals surface area (Å²) in [5.74, 6) is -1.95. The molecule has 0 bridgehead atoms. The van der Waals surface area contributed by atoms with Gasteiger partial charge in [-0.1, -0.05) is 18.2 Å². The van der Waals surface area contributed by atoms with E-state index in [0.29, 0.717) is 9.92 Å². The maximum Gasteiger partial charge on any atom is 0.240 e. The molecule has 9 heteroatoms. The van der Waals surface area contributed by atoms with Crippen molar-refractivity contribution in [2.24, 2.45) is 0 Å². The molecular weight excluding hydrogens is 392 g/mol. The van der Waals surface area contributed by atoms with Crippen molar-refractivity contribution in [3.8, 4) is 5.75 Å². The number of hydrogen-bond donors (Lipinski definition) is 1. The molecule has 0 aliphatic heterocycles. The molecule has 2 aromatic carbocycles. The van der Waals surface area contributed by atoms with Gasteiger partial charge in [-0.2, -0.15) is 0 Å². The average Bonchev–Trinajstić information content (AvgIpc) is 2.55. The lowest BCUT2D eigenvalue weighted by atomic mass is 10.3. The number of sulfonamides is 1. The molecule has 25 heavy (non-hydrogen) atoms. The van der Waals surface area contributed by atoms with Gasteiger partial charge in [-0.3, -0.25) is 0 Å². The zero-order valence-electron chi connectivity index (χ0n) is 12.8. The van der Waals surface area contributed by atoms with Crippen LogP contribution < -0.4 is 9.46 Å². The summed E-state index contributed by atoms with van der Waals surface area (Å²) in [6.07, 6.45) is 0.930. The van der Waals surface area contributed by atoms with Crippen LogP contribution in [-0.2, 0) is 10.0 Å². The first-order valence-corrected chi connectivity index (χ1v) is 9.83. The summed E-state index contributed by atoms with van der Waals surface area (Å²) in [4.78, 5) is 0.405. The molecule has 0 atom stereocenters. The smallest absolute Gasteiger partial charge is 0.240 e. The average molecular weight is 406 g/mol. The predicted molar refractivity (Wildman–Crippen MR) is 94.5 cm³/mol. The number of benzene rings is 2. The summed E-state index contributed by atoms with van der Waals surface area (Å²) in [7, 11) is -3.66. The summed E-state index contributed by atoms with van der Waals surface area (Å²) in [5.41, 5.74) is 0. The quantitative estimate of drug-likeness (QED) is 0.406. The van der Waals surface area contributed by atoms with Gasteiger partial charge < -0.3 is 4.74 Å². The minimum absolute atomic E-state index is 0.0871. The molecule has 0 heterocycles. The molecule has 0 fully saturated rings. The van der Waals surface area contributed by atoms with Crippen molar-refractivity contribution in [2.75, 3.05) is 12.3 Å². The zero-order valence-corrected chi connectivity index (χ0v) is 15.2. The molecule has 4 nitrogen and oxygen atoms in total. The first kappa shape index (κ1) is 19.7. The third-order valence-electron chi connectivity index (χ3n) is 2.96. The summed E-state index contributed by atoms with van der Waals surface area (Å²) < 4.78 is 58.6. The second kappa shape index (κ2) is 8.66. The maximum absolute atomic E-state index is 13.7. The predicted octanol–water partition coefficient (Wildman–Crippen LogP) is 4.21. The largest absolute Gasteiger partial charge is 0.459 e. The Hall–Kier alpha value is -1.61. The number of hydrogen-bond acceptors (Lipinski definition) is 4. The highest BCUT2D eigenvalue weighted by atomic mass is 35.5. The van der Waals surface area contributed by atoms with Crippen LogP contribution in [0.3, 0.4) is 0 Å². The van der Waals surface area contributed by atoms with E-state index in [2.05, 4.69) is 16.0 Å². The van der Waals surface area contributed by atoms with Crippen molar-refractivity contribution >= 4 is 33.4 Å². The SMILES string of the molecule is C=COc1c(F)cc(SCCNS(=O)(=O)c2ccc(Cl)cc2)cc1F. The summed E-state index contributed by atoms with van der Waals surface area (Å²) >= 11 is 6.82. The van der Waals surface area contributed by atoms with E-state index in [0.717, 1.165) is 30.2 Å². The highest BCUT2D eigenvalue weighted by molar-refractivity contribution is 7.99. The lowest BCUT2D eigenvalue weighted by molar-refractivity contribution is 0.405. The van der Waals surface area contributed by atoms with Crippen molar-refractivity contribution in [2.45, 2.75) is 9.79 Å². The van der Waals surface area contributed by atoms with Crippen molar-refractivity contribution in [3.05, 3.63) is 65.9 Å². The van der Waals surface area contributed by atoms with Crippen LogP contribution in [0.5, 0.6) is 5.75 Å². The number of rotatable bonds is 8. The maximum atomic E-state index is 13.7. The molecule has 0 radical (unpaired) electrons. The molecule has 134 valence electrons. The zero-order chi connectivity index (χ0) is 18.4. The molecule has 0 spiro atoms. The van der Waals surface area contributed by atoms with Crippen LogP contribution in [0.4, 0.5) is 8.78 Å². The highest BCUT2D eigenvalue weighted by Gasteiger charge is 2.14. The van der Waals surface area contributed by atoms with Gasteiger partial charge in [-0.05, 0) is 36.4 Å². The fraction of sp³-hybridized carbons (Fsp3) is 0.125. The van der Waals surface area contributed by atoms with E-state index in [1.54, 1.807) is 0 Å².